The minimum atomic E-state index is 0.433. The van der Waals surface area contributed by atoms with Gasteiger partial charge < -0.3 is 5.32 Å². The molecule has 1 heterocycles. The molecule has 2 aliphatic carbocycles. The number of nitrogens with one attached hydrogen (secondary N) is 1. The van der Waals surface area contributed by atoms with Gasteiger partial charge in [0.2, 0.25) is 0 Å². The van der Waals surface area contributed by atoms with Crippen molar-refractivity contribution in [2.75, 3.05) is 0 Å². The Kier molecular flexibility index (Phi) is 2.97. The second-order valence-corrected chi connectivity index (χ2v) is 6.38. The summed E-state index contributed by atoms with van der Waals surface area (Å²) in [6, 6.07) is 1.18. The van der Waals surface area contributed by atoms with Crippen LogP contribution in [-0.2, 0) is 7.05 Å². The third kappa shape index (κ3) is 1.89. The van der Waals surface area contributed by atoms with Crippen molar-refractivity contribution < 1.29 is 0 Å². The first-order chi connectivity index (χ1) is 8.56. The molecule has 1 aromatic rings. The van der Waals surface area contributed by atoms with Crippen LogP contribution in [0.25, 0.3) is 0 Å². The van der Waals surface area contributed by atoms with Gasteiger partial charge in [0.15, 0.2) is 0 Å². The Hall–Kier alpha value is -0.830. The van der Waals surface area contributed by atoms with Crippen LogP contribution in [0.15, 0.2) is 0 Å². The molecule has 0 aliphatic heterocycles. The largest absolute Gasteiger partial charge is 0.307 e. The summed E-state index contributed by atoms with van der Waals surface area (Å²) in [6.45, 7) is 6.60. The summed E-state index contributed by atoms with van der Waals surface area (Å²) in [4.78, 5) is 0. The molecule has 0 saturated heterocycles. The van der Waals surface area contributed by atoms with Crippen molar-refractivity contribution >= 4 is 0 Å². The maximum atomic E-state index is 4.53. The van der Waals surface area contributed by atoms with Gasteiger partial charge in [-0.2, -0.15) is 5.10 Å². The summed E-state index contributed by atoms with van der Waals surface area (Å²) in [5, 5.41) is 8.40. The van der Waals surface area contributed by atoms with Gasteiger partial charge in [0, 0.05) is 30.4 Å². The van der Waals surface area contributed by atoms with Gasteiger partial charge in [0.25, 0.3) is 0 Å². The van der Waals surface area contributed by atoms with Crippen molar-refractivity contribution in [3.8, 4) is 0 Å². The van der Waals surface area contributed by atoms with Crippen molar-refractivity contribution in [1.82, 2.24) is 15.1 Å². The average molecular weight is 247 g/mol. The van der Waals surface area contributed by atoms with Gasteiger partial charge in [-0.05, 0) is 51.9 Å². The SMILES string of the molecule is Cc1nn(C)c(C)c1C(C)NC1CC2CCC1C2. The lowest BCUT2D eigenvalue weighted by Crippen LogP contribution is -2.36. The normalized spacial score (nSPS) is 32.1. The molecule has 0 spiro atoms. The lowest BCUT2D eigenvalue weighted by atomic mass is 9.94. The molecular weight excluding hydrogens is 222 g/mol. The molecule has 0 aromatic carbocycles. The Bertz CT molecular complexity index is 449. The van der Waals surface area contributed by atoms with Crippen LogP contribution in [-0.4, -0.2) is 15.8 Å². The summed E-state index contributed by atoms with van der Waals surface area (Å²) < 4.78 is 2.00. The summed E-state index contributed by atoms with van der Waals surface area (Å²) in [6.07, 6.45) is 5.78. The predicted octanol–water partition coefficient (Wildman–Crippen LogP) is 2.88. The minimum absolute atomic E-state index is 0.433. The monoisotopic (exact) mass is 247 g/mol. The van der Waals surface area contributed by atoms with Crippen molar-refractivity contribution in [2.24, 2.45) is 18.9 Å². The van der Waals surface area contributed by atoms with E-state index < -0.39 is 0 Å². The molecule has 3 rings (SSSR count). The molecule has 2 bridgehead atoms. The third-order valence-corrected chi connectivity index (χ3v) is 5.20. The summed E-state index contributed by atoms with van der Waals surface area (Å²) in [5.41, 5.74) is 3.88. The predicted molar refractivity (Wildman–Crippen MR) is 73.5 cm³/mol. The number of fused-ring (bicyclic) bond motifs is 2. The van der Waals surface area contributed by atoms with E-state index in [0.717, 1.165) is 17.9 Å². The molecule has 0 radical (unpaired) electrons. The Balaban J connectivity index is 1.73. The smallest absolute Gasteiger partial charge is 0.0644 e. The van der Waals surface area contributed by atoms with Gasteiger partial charge >= 0.3 is 0 Å². The second-order valence-electron chi connectivity index (χ2n) is 6.38. The maximum absolute atomic E-state index is 4.53. The molecule has 4 atom stereocenters. The summed E-state index contributed by atoms with van der Waals surface area (Å²) >= 11 is 0. The van der Waals surface area contributed by atoms with E-state index in [2.05, 4.69) is 31.2 Å². The van der Waals surface area contributed by atoms with Crippen LogP contribution in [0.2, 0.25) is 0 Å². The number of hydrogen-bond donors (Lipinski definition) is 1. The number of aromatic nitrogens is 2. The molecule has 100 valence electrons. The van der Waals surface area contributed by atoms with Crippen LogP contribution in [0.5, 0.6) is 0 Å². The molecule has 2 aliphatic rings. The summed E-state index contributed by atoms with van der Waals surface area (Å²) in [7, 11) is 2.04. The quantitative estimate of drug-likeness (QED) is 0.890. The molecule has 3 nitrogen and oxygen atoms in total. The molecule has 0 amide bonds. The highest BCUT2D eigenvalue weighted by Crippen LogP contribution is 2.45. The average Bonchev–Trinajstić information content (AvgIpc) is 2.95. The van der Waals surface area contributed by atoms with Crippen molar-refractivity contribution in [3.05, 3.63) is 17.0 Å². The highest BCUT2D eigenvalue weighted by molar-refractivity contribution is 5.27. The first-order valence-corrected chi connectivity index (χ1v) is 7.32. The van der Waals surface area contributed by atoms with E-state index >= 15 is 0 Å². The zero-order chi connectivity index (χ0) is 12.9. The fourth-order valence-corrected chi connectivity index (χ4v) is 4.27. The second kappa shape index (κ2) is 4.37. The molecule has 4 unspecified atom stereocenters. The lowest BCUT2D eigenvalue weighted by molar-refractivity contribution is 0.326. The first kappa shape index (κ1) is 12.2. The van der Waals surface area contributed by atoms with E-state index in [0.29, 0.717) is 6.04 Å². The van der Waals surface area contributed by atoms with Crippen molar-refractivity contribution in [1.29, 1.82) is 0 Å². The molecule has 1 N–H and O–H groups in total. The first-order valence-electron chi connectivity index (χ1n) is 7.32. The zero-order valence-electron chi connectivity index (χ0n) is 12.0. The molecular formula is C15H25N3. The third-order valence-electron chi connectivity index (χ3n) is 5.20. The zero-order valence-corrected chi connectivity index (χ0v) is 12.0. The van der Waals surface area contributed by atoms with Crippen LogP contribution in [0.1, 0.15) is 55.6 Å². The van der Waals surface area contributed by atoms with E-state index in [1.807, 2.05) is 11.7 Å². The van der Waals surface area contributed by atoms with Crippen LogP contribution in [0, 0.1) is 25.7 Å². The van der Waals surface area contributed by atoms with Gasteiger partial charge in [-0.15, -0.1) is 0 Å². The van der Waals surface area contributed by atoms with Crippen LogP contribution < -0.4 is 5.32 Å². The van der Waals surface area contributed by atoms with Crippen LogP contribution >= 0.6 is 0 Å². The van der Waals surface area contributed by atoms with Crippen molar-refractivity contribution in [2.45, 2.75) is 58.5 Å². The Morgan fingerprint density at radius 1 is 1.28 bits per heavy atom. The number of nitrogens with zero attached hydrogens (tertiary/aromatic N) is 2. The lowest BCUT2D eigenvalue weighted by Gasteiger charge is -2.27. The Morgan fingerprint density at radius 3 is 2.56 bits per heavy atom. The van der Waals surface area contributed by atoms with Crippen LogP contribution in [0.4, 0.5) is 0 Å². The van der Waals surface area contributed by atoms with Gasteiger partial charge in [-0.1, -0.05) is 6.42 Å². The van der Waals surface area contributed by atoms with Gasteiger partial charge in [-0.3, -0.25) is 4.68 Å². The molecule has 18 heavy (non-hydrogen) atoms. The molecule has 1 aromatic heterocycles. The summed E-state index contributed by atoms with van der Waals surface area (Å²) in [5.74, 6) is 1.95. The maximum Gasteiger partial charge on any atom is 0.0644 e. The fourth-order valence-electron chi connectivity index (χ4n) is 4.27. The van der Waals surface area contributed by atoms with Crippen LogP contribution in [0.3, 0.4) is 0 Å². The van der Waals surface area contributed by atoms with E-state index in [4.69, 9.17) is 0 Å². The van der Waals surface area contributed by atoms with Gasteiger partial charge in [0.05, 0.1) is 5.69 Å². The minimum Gasteiger partial charge on any atom is -0.307 e. The topological polar surface area (TPSA) is 29.9 Å². The fraction of sp³-hybridized carbons (Fsp3) is 0.800. The standard InChI is InChI=1S/C15H25N3/c1-9(15-10(2)17-18(4)11(15)3)16-14-8-12-5-6-13(14)7-12/h9,12-14,16H,5-8H2,1-4H3. The van der Waals surface area contributed by atoms with Crippen molar-refractivity contribution in [3.63, 3.8) is 0 Å². The van der Waals surface area contributed by atoms with E-state index in [-0.39, 0.29) is 0 Å². The van der Waals surface area contributed by atoms with Gasteiger partial charge in [0.1, 0.15) is 0 Å². The van der Waals surface area contributed by atoms with E-state index in [9.17, 15) is 0 Å². The molecule has 3 heteroatoms. The number of hydrogen-bond acceptors (Lipinski definition) is 2. The number of rotatable bonds is 3. The number of aryl methyl sites for hydroxylation is 2. The highest BCUT2D eigenvalue weighted by atomic mass is 15.3. The Labute approximate surface area is 110 Å². The highest BCUT2D eigenvalue weighted by Gasteiger charge is 2.40. The van der Waals surface area contributed by atoms with Gasteiger partial charge in [-0.25, -0.2) is 0 Å². The Morgan fingerprint density at radius 2 is 2.06 bits per heavy atom. The van der Waals surface area contributed by atoms with E-state index in [1.165, 1.54) is 42.6 Å². The molecule has 2 fully saturated rings. The molecule has 2 saturated carbocycles. The van der Waals surface area contributed by atoms with E-state index in [1.54, 1.807) is 0 Å².